The van der Waals surface area contributed by atoms with Gasteiger partial charge in [-0.05, 0) is 29.4 Å². The maximum absolute atomic E-state index is 12.0. The van der Waals surface area contributed by atoms with E-state index in [1.54, 1.807) is 25.0 Å². The molecule has 0 aliphatic heterocycles. The Kier molecular flexibility index (Phi) is 9.74. The summed E-state index contributed by atoms with van der Waals surface area (Å²) < 4.78 is 17.9. The predicted molar refractivity (Wildman–Crippen MR) is 137 cm³/mol. The van der Waals surface area contributed by atoms with Crippen LogP contribution in [0.1, 0.15) is 63.6 Å². The van der Waals surface area contributed by atoms with Gasteiger partial charge in [0.05, 0.1) is 17.3 Å². The molecular weight excluding hydrogens is 454 g/mol. The number of carbonyl (C=O) groups is 1. The average molecular weight is 490 g/mol. The third kappa shape index (κ3) is 7.10. The van der Waals surface area contributed by atoms with Crippen LogP contribution in [0.25, 0.3) is 11.3 Å². The minimum atomic E-state index is -0.785. The van der Waals surface area contributed by atoms with Crippen LogP contribution in [0.2, 0.25) is 5.02 Å². The molecule has 0 saturated heterocycles. The lowest BCUT2D eigenvalue weighted by Gasteiger charge is -2.20. The predicted octanol–water partition coefficient (Wildman–Crippen LogP) is 6.42. The quantitative estimate of drug-likeness (QED) is 0.176. The first kappa shape index (κ1) is 27.4. The highest BCUT2D eigenvalue weighted by Crippen LogP contribution is 2.33. The van der Waals surface area contributed by atoms with Crippen molar-refractivity contribution >= 4 is 35.3 Å². The zero-order valence-corrected chi connectivity index (χ0v) is 22.2. The van der Waals surface area contributed by atoms with Gasteiger partial charge in [-0.25, -0.2) is 4.79 Å². The van der Waals surface area contributed by atoms with Gasteiger partial charge in [0, 0.05) is 25.9 Å². The molecule has 34 heavy (non-hydrogen) atoms. The van der Waals surface area contributed by atoms with Crippen LogP contribution in [0.4, 0.5) is 4.79 Å². The summed E-state index contributed by atoms with van der Waals surface area (Å²) in [4.78, 5) is 16.2. The third-order valence-corrected chi connectivity index (χ3v) is 5.94. The summed E-state index contributed by atoms with van der Waals surface area (Å²) in [5.41, 5.74) is 4.00. The van der Waals surface area contributed by atoms with E-state index in [2.05, 4.69) is 43.0 Å². The number of aliphatic imine (C=N–C) groups is 1. The molecule has 2 rings (SSSR count). The van der Waals surface area contributed by atoms with Crippen molar-refractivity contribution in [3.05, 3.63) is 51.8 Å². The van der Waals surface area contributed by atoms with Crippen molar-refractivity contribution in [2.24, 2.45) is 18.0 Å². The molecule has 0 radical (unpaired) electrons. The molecule has 0 bridgehead atoms. The molecule has 1 heterocycles. The minimum absolute atomic E-state index is 0.0204. The molecule has 0 amide bonds. The highest BCUT2D eigenvalue weighted by Gasteiger charge is 2.23. The van der Waals surface area contributed by atoms with Gasteiger partial charge in [0.25, 0.3) is 0 Å². The zero-order valence-electron chi connectivity index (χ0n) is 21.4. The fourth-order valence-electron chi connectivity index (χ4n) is 3.20. The van der Waals surface area contributed by atoms with Gasteiger partial charge in [0.1, 0.15) is 5.69 Å². The summed E-state index contributed by atoms with van der Waals surface area (Å²) >= 11 is 6.59. The number of aryl methyl sites for hydroxylation is 2. The zero-order chi connectivity index (χ0) is 25.5. The second-order valence-electron chi connectivity index (χ2n) is 9.31. The standard InChI is InChI=1S/C26H36ClN3O4/c1-9-17(2)15-32-25(31)34-16-33-24(23-22(27)18(3)29-30(23)8)21(14-28-7)19-10-12-20(13-11-19)26(4,5)6/h10-14,17H,9,15-16H2,1-8H3/b24-21-,28-14?. The lowest BCUT2D eigenvalue weighted by atomic mass is 9.86. The first-order chi connectivity index (χ1) is 16.0. The fourth-order valence-corrected chi connectivity index (χ4v) is 3.45. The SMILES string of the molecule is CCC(C)COC(=O)OCO/C(=C(/C=NC)c1ccc(C(C)(C)C)cc1)c1c(Cl)c(C)nn1C. The van der Waals surface area contributed by atoms with Crippen molar-refractivity contribution in [2.75, 3.05) is 20.4 Å². The van der Waals surface area contributed by atoms with Crippen LogP contribution in [0.3, 0.4) is 0 Å². The molecule has 2 aromatic rings. The monoisotopic (exact) mass is 489 g/mol. The van der Waals surface area contributed by atoms with Crippen LogP contribution in [-0.2, 0) is 26.7 Å². The molecular formula is C26H36ClN3O4. The normalized spacial score (nSPS) is 13.6. The van der Waals surface area contributed by atoms with E-state index in [9.17, 15) is 4.79 Å². The number of carbonyl (C=O) groups excluding carboxylic acids is 1. The van der Waals surface area contributed by atoms with Crippen LogP contribution >= 0.6 is 11.6 Å². The molecule has 1 atom stereocenters. The molecule has 0 fully saturated rings. The van der Waals surface area contributed by atoms with Crippen molar-refractivity contribution in [3.63, 3.8) is 0 Å². The number of rotatable bonds is 9. The molecule has 1 unspecified atom stereocenters. The van der Waals surface area contributed by atoms with Crippen LogP contribution in [0.15, 0.2) is 29.3 Å². The Labute approximate surface area is 207 Å². The summed E-state index contributed by atoms with van der Waals surface area (Å²) in [6.45, 7) is 12.3. The summed E-state index contributed by atoms with van der Waals surface area (Å²) in [7, 11) is 3.46. The van der Waals surface area contributed by atoms with E-state index in [0.717, 1.165) is 12.0 Å². The van der Waals surface area contributed by atoms with E-state index >= 15 is 0 Å². The molecule has 186 valence electrons. The topological polar surface area (TPSA) is 74.9 Å². The second kappa shape index (κ2) is 12.1. The molecule has 7 nitrogen and oxygen atoms in total. The number of ether oxygens (including phenoxy) is 3. The van der Waals surface area contributed by atoms with Crippen LogP contribution in [0.5, 0.6) is 0 Å². The van der Waals surface area contributed by atoms with Gasteiger partial charge in [0.2, 0.25) is 6.79 Å². The summed E-state index contributed by atoms with van der Waals surface area (Å²) in [5.74, 6) is 0.653. The number of halogens is 1. The molecule has 0 aliphatic carbocycles. The van der Waals surface area contributed by atoms with Gasteiger partial charge in [-0.2, -0.15) is 5.10 Å². The van der Waals surface area contributed by atoms with Gasteiger partial charge in [-0.3, -0.25) is 9.67 Å². The van der Waals surface area contributed by atoms with Crippen molar-refractivity contribution in [1.29, 1.82) is 0 Å². The maximum atomic E-state index is 12.0. The Morgan fingerprint density at radius 1 is 1.21 bits per heavy atom. The number of hydrogen-bond donors (Lipinski definition) is 0. The fraction of sp³-hybridized carbons (Fsp3) is 0.500. The smallest absolute Gasteiger partial charge is 0.454 e. The molecule has 1 aromatic heterocycles. The van der Waals surface area contributed by atoms with Crippen molar-refractivity contribution in [2.45, 2.75) is 53.4 Å². The largest absolute Gasteiger partial charge is 0.511 e. The molecule has 0 N–H and O–H groups in total. The van der Waals surface area contributed by atoms with Crippen molar-refractivity contribution < 1.29 is 19.0 Å². The molecule has 0 spiro atoms. The van der Waals surface area contributed by atoms with Crippen molar-refractivity contribution in [1.82, 2.24) is 9.78 Å². The maximum Gasteiger partial charge on any atom is 0.511 e. The van der Waals surface area contributed by atoms with Gasteiger partial charge in [0.15, 0.2) is 5.76 Å². The first-order valence-electron chi connectivity index (χ1n) is 11.4. The van der Waals surface area contributed by atoms with E-state index in [-0.39, 0.29) is 18.1 Å². The molecule has 0 aliphatic rings. The Hall–Kier alpha value is -2.80. The lowest BCUT2D eigenvalue weighted by molar-refractivity contribution is -0.0103. The van der Waals surface area contributed by atoms with E-state index in [0.29, 0.717) is 34.3 Å². The van der Waals surface area contributed by atoms with Gasteiger partial charge in [-0.15, -0.1) is 0 Å². The minimum Gasteiger partial charge on any atom is -0.454 e. The summed E-state index contributed by atoms with van der Waals surface area (Å²) in [6.07, 6.45) is 1.82. The Balaban J connectivity index is 2.44. The summed E-state index contributed by atoms with van der Waals surface area (Å²) in [6, 6.07) is 8.18. The number of aromatic nitrogens is 2. The lowest BCUT2D eigenvalue weighted by Crippen LogP contribution is -2.15. The Bertz CT molecular complexity index is 1030. The summed E-state index contributed by atoms with van der Waals surface area (Å²) in [5, 5.41) is 4.86. The highest BCUT2D eigenvalue weighted by molar-refractivity contribution is 6.33. The average Bonchev–Trinajstić information content (AvgIpc) is 3.04. The van der Waals surface area contributed by atoms with E-state index in [1.807, 2.05) is 32.9 Å². The van der Waals surface area contributed by atoms with Crippen LogP contribution < -0.4 is 0 Å². The highest BCUT2D eigenvalue weighted by atomic mass is 35.5. The second-order valence-corrected chi connectivity index (χ2v) is 9.69. The molecule has 8 heteroatoms. The van der Waals surface area contributed by atoms with E-state index in [1.165, 1.54) is 5.56 Å². The van der Waals surface area contributed by atoms with Gasteiger partial charge < -0.3 is 14.2 Å². The van der Waals surface area contributed by atoms with Gasteiger partial charge >= 0.3 is 6.16 Å². The van der Waals surface area contributed by atoms with E-state index in [4.69, 9.17) is 25.8 Å². The number of nitrogens with zero attached hydrogens (tertiary/aromatic N) is 3. The number of allylic oxidation sites excluding steroid dienone is 1. The Morgan fingerprint density at radius 3 is 2.35 bits per heavy atom. The Morgan fingerprint density at radius 2 is 1.85 bits per heavy atom. The van der Waals surface area contributed by atoms with E-state index < -0.39 is 6.16 Å². The molecule has 0 saturated carbocycles. The first-order valence-corrected chi connectivity index (χ1v) is 11.8. The number of hydrogen-bond acceptors (Lipinski definition) is 6. The third-order valence-electron chi connectivity index (χ3n) is 5.49. The molecule has 1 aromatic carbocycles. The van der Waals surface area contributed by atoms with Crippen LogP contribution in [0, 0.1) is 12.8 Å². The number of benzene rings is 1. The van der Waals surface area contributed by atoms with Crippen LogP contribution in [-0.4, -0.2) is 42.6 Å². The van der Waals surface area contributed by atoms with Gasteiger partial charge in [-0.1, -0.05) is 76.9 Å². The van der Waals surface area contributed by atoms with Crippen molar-refractivity contribution in [3.8, 4) is 0 Å².